The highest BCUT2D eigenvalue weighted by molar-refractivity contribution is 8.01. The normalized spacial score (nSPS) is 21.8. The summed E-state index contributed by atoms with van der Waals surface area (Å²) in [6, 6.07) is 7.83. The van der Waals surface area contributed by atoms with Gasteiger partial charge in [-0.1, -0.05) is 6.07 Å². The van der Waals surface area contributed by atoms with Crippen LogP contribution in [0.25, 0.3) is 0 Å². The molecule has 1 aromatic carbocycles. The van der Waals surface area contributed by atoms with Gasteiger partial charge in [0.15, 0.2) is 0 Å². The van der Waals surface area contributed by atoms with Crippen molar-refractivity contribution in [1.82, 2.24) is 9.80 Å². The molecule has 9 nitrogen and oxygen atoms in total. The highest BCUT2D eigenvalue weighted by Gasteiger charge is 2.40. The Labute approximate surface area is 205 Å². The number of aliphatic carboxylic acids is 1. The summed E-state index contributed by atoms with van der Waals surface area (Å²) in [5, 5.41) is 21.1. The van der Waals surface area contributed by atoms with Gasteiger partial charge in [0.05, 0.1) is 29.9 Å². The lowest BCUT2D eigenvalue weighted by molar-refractivity contribution is -0.141. The number of amides is 1. The third-order valence-corrected chi connectivity index (χ3v) is 7.68. The SMILES string of the molecule is CCN1C(=O)C(CCNc2ccc(C)c(OCCN3CCOCC3)c2)SC1CC(C#N)C(=O)O. The predicted octanol–water partition coefficient (Wildman–Crippen LogP) is 2.41. The van der Waals surface area contributed by atoms with E-state index in [0.717, 1.165) is 49.8 Å². The Bertz CT molecular complexity index is 887. The molecule has 3 atom stereocenters. The van der Waals surface area contributed by atoms with Gasteiger partial charge in [-0.05, 0) is 31.9 Å². The first-order valence-electron chi connectivity index (χ1n) is 11.8. The molecule has 2 N–H and O–H groups in total. The van der Waals surface area contributed by atoms with Crippen LogP contribution in [0.4, 0.5) is 5.69 Å². The van der Waals surface area contributed by atoms with E-state index >= 15 is 0 Å². The summed E-state index contributed by atoms with van der Waals surface area (Å²) < 4.78 is 11.4. The molecule has 2 heterocycles. The number of hydrogen-bond acceptors (Lipinski definition) is 8. The van der Waals surface area contributed by atoms with Gasteiger partial charge in [-0.3, -0.25) is 14.5 Å². The Morgan fingerprint density at radius 3 is 2.85 bits per heavy atom. The Hall–Kier alpha value is -2.48. The molecular formula is C24H34N4O5S. The number of carboxylic acids is 1. The van der Waals surface area contributed by atoms with Crippen LogP contribution in [0.3, 0.4) is 0 Å². The van der Waals surface area contributed by atoms with Crippen molar-refractivity contribution in [2.24, 2.45) is 5.92 Å². The van der Waals surface area contributed by atoms with Gasteiger partial charge >= 0.3 is 5.97 Å². The summed E-state index contributed by atoms with van der Waals surface area (Å²) in [6.07, 6.45) is 0.755. The number of carboxylic acid groups (broad SMARTS) is 1. The number of benzene rings is 1. The van der Waals surface area contributed by atoms with Gasteiger partial charge in [0.2, 0.25) is 5.91 Å². The van der Waals surface area contributed by atoms with Crippen LogP contribution in [0.5, 0.6) is 5.75 Å². The summed E-state index contributed by atoms with van der Waals surface area (Å²) in [7, 11) is 0. The van der Waals surface area contributed by atoms with E-state index < -0.39 is 11.9 Å². The summed E-state index contributed by atoms with van der Waals surface area (Å²) in [5.41, 5.74) is 2.00. The Kier molecular flexibility index (Phi) is 9.86. The van der Waals surface area contributed by atoms with E-state index in [-0.39, 0.29) is 23.0 Å². The maximum Gasteiger partial charge on any atom is 0.321 e. The Morgan fingerprint density at radius 1 is 1.41 bits per heavy atom. The number of nitrogens with zero attached hydrogens (tertiary/aromatic N) is 3. The van der Waals surface area contributed by atoms with Crippen LogP contribution in [-0.2, 0) is 14.3 Å². The number of rotatable bonds is 12. The van der Waals surface area contributed by atoms with E-state index in [2.05, 4.69) is 10.2 Å². The fourth-order valence-corrected chi connectivity index (χ4v) is 5.70. The van der Waals surface area contributed by atoms with Crippen LogP contribution in [0.2, 0.25) is 0 Å². The van der Waals surface area contributed by atoms with Crippen molar-refractivity contribution in [3.63, 3.8) is 0 Å². The Balaban J connectivity index is 1.48. The molecule has 34 heavy (non-hydrogen) atoms. The van der Waals surface area contributed by atoms with Crippen molar-refractivity contribution in [2.75, 3.05) is 57.9 Å². The standard InChI is InChI=1S/C24H34N4O5S/c1-3-28-22(14-18(16-25)24(30)31)34-21(23(28)29)6-7-26-19-5-4-17(2)20(15-19)33-13-10-27-8-11-32-12-9-27/h4-5,15,18,21-22,26H,3,6-14H2,1-2H3,(H,30,31). The fraction of sp³-hybridized carbons (Fsp3) is 0.625. The molecule has 3 rings (SSSR count). The second kappa shape index (κ2) is 12.8. The van der Waals surface area contributed by atoms with Crippen molar-refractivity contribution in [3.05, 3.63) is 23.8 Å². The maximum atomic E-state index is 12.8. The smallest absolute Gasteiger partial charge is 0.321 e. The van der Waals surface area contributed by atoms with E-state index in [4.69, 9.17) is 14.7 Å². The number of aryl methyl sites for hydroxylation is 1. The fourth-order valence-electron chi connectivity index (χ4n) is 4.11. The van der Waals surface area contributed by atoms with E-state index in [0.29, 0.717) is 26.1 Å². The minimum Gasteiger partial charge on any atom is -0.492 e. The second-order valence-corrected chi connectivity index (χ2v) is 9.84. The predicted molar refractivity (Wildman–Crippen MR) is 131 cm³/mol. The first kappa shape index (κ1) is 26.1. The number of nitrogens with one attached hydrogen (secondary N) is 1. The molecule has 2 aliphatic rings. The average molecular weight is 491 g/mol. The molecule has 0 radical (unpaired) electrons. The van der Waals surface area contributed by atoms with Crippen molar-refractivity contribution < 1.29 is 24.2 Å². The number of anilines is 1. The van der Waals surface area contributed by atoms with Crippen LogP contribution in [0.15, 0.2) is 18.2 Å². The van der Waals surface area contributed by atoms with Gasteiger partial charge in [0.25, 0.3) is 0 Å². The van der Waals surface area contributed by atoms with Crippen LogP contribution in [0, 0.1) is 24.2 Å². The lowest BCUT2D eigenvalue weighted by Crippen LogP contribution is -2.38. The van der Waals surface area contributed by atoms with Crippen molar-refractivity contribution in [3.8, 4) is 11.8 Å². The summed E-state index contributed by atoms with van der Waals surface area (Å²) in [5.74, 6) is -1.39. The highest BCUT2D eigenvalue weighted by Crippen LogP contribution is 2.37. The van der Waals surface area contributed by atoms with E-state index in [1.165, 1.54) is 11.8 Å². The second-order valence-electron chi connectivity index (χ2n) is 8.46. The van der Waals surface area contributed by atoms with Crippen molar-refractivity contribution in [1.29, 1.82) is 5.26 Å². The molecule has 3 unspecified atom stereocenters. The molecule has 1 amide bonds. The molecule has 0 saturated carbocycles. The molecule has 0 spiro atoms. The summed E-state index contributed by atoms with van der Waals surface area (Å²) in [6.45, 7) is 9.90. The largest absolute Gasteiger partial charge is 0.492 e. The topological polar surface area (TPSA) is 115 Å². The zero-order valence-electron chi connectivity index (χ0n) is 19.9. The lowest BCUT2D eigenvalue weighted by Gasteiger charge is -2.26. The minimum atomic E-state index is -1.14. The molecule has 0 bridgehead atoms. The van der Waals surface area contributed by atoms with Gasteiger partial charge in [0.1, 0.15) is 18.3 Å². The van der Waals surface area contributed by atoms with E-state index in [1.54, 1.807) is 4.90 Å². The zero-order chi connectivity index (χ0) is 24.5. The van der Waals surface area contributed by atoms with Crippen molar-refractivity contribution in [2.45, 2.75) is 37.3 Å². The molecule has 2 fully saturated rings. The minimum absolute atomic E-state index is 0.0115. The molecule has 2 saturated heterocycles. The van der Waals surface area contributed by atoms with E-state index in [1.807, 2.05) is 38.1 Å². The molecule has 10 heteroatoms. The highest BCUT2D eigenvalue weighted by atomic mass is 32.2. The number of carbonyl (C=O) groups excluding carboxylic acids is 1. The van der Waals surface area contributed by atoms with Gasteiger partial charge in [-0.15, -0.1) is 11.8 Å². The Morgan fingerprint density at radius 2 is 2.18 bits per heavy atom. The molecule has 0 aromatic heterocycles. The molecule has 2 aliphatic heterocycles. The first-order chi connectivity index (χ1) is 16.4. The molecule has 186 valence electrons. The maximum absolute atomic E-state index is 12.8. The third-order valence-electron chi connectivity index (χ3n) is 6.15. The monoisotopic (exact) mass is 490 g/mol. The number of ether oxygens (including phenoxy) is 2. The van der Waals surface area contributed by atoms with Crippen molar-refractivity contribution >= 4 is 29.3 Å². The van der Waals surface area contributed by atoms with Gasteiger partial charge in [-0.2, -0.15) is 5.26 Å². The van der Waals surface area contributed by atoms with Gasteiger partial charge < -0.3 is 24.8 Å². The number of morpholine rings is 1. The number of carbonyl (C=O) groups is 2. The quantitative estimate of drug-likeness (QED) is 0.456. The molecule has 1 aromatic rings. The van der Waals surface area contributed by atoms with Crippen LogP contribution < -0.4 is 10.1 Å². The number of hydrogen-bond donors (Lipinski definition) is 2. The first-order valence-corrected chi connectivity index (χ1v) is 12.7. The van der Waals surface area contributed by atoms with Crippen LogP contribution >= 0.6 is 11.8 Å². The van der Waals surface area contributed by atoms with Crippen LogP contribution in [0.1, 0.15) is 25.3 Å². The number of nitriles is 1. The average Bonchev–Trinajstić information content (AvgIpc) is 3.13. The zero-order valence-corrected chi connectivity index (χ0v) is 20.7. The lowest BCUT2D eigenvalue weighted by atomic mass is 10.1. The number of thioether (sulfide) groups is 1. The van der Waals surface area contributed by atoms with Crippen LogP contribution in [-0.4, -0.2) is 90.0 Å². The summed E-state index contributed by atoms with van der Waals surface area (Å²) >= 11 is 1.46. The summed E-state index contributed by atoms with van der Waals surface area (Å²) in [4.78, 5) is 28.1. The van der Waals surface area contributed by atoms with E-state index in [9.17, 15) is 14.7 Å². The molecule has 0 aliphatic carbocycles. The molecular weight excluding hydrogens is 456 g/mol. The van der Waals surface area contributed by atoms with Gasteiger partial charge in [0, 0.05) is 50.9 Å². The van der Waals surface area contributed by atoms with Gasteiger partial charge in [-0.25, -0.2) is 0 Å². The third kappa shape index (κ3) is 7.01.